The van der Waals surface area contributed by atoms with E-state index < -0.39 is 0 Å². The van der Waals surface area contributed by atoms with Crippen molar-refractivity contribution >= 4 is 16.8 Å². The van der Waals surface area contributed by atoms with Crippen molar-refractivity contribution in [2.24, 2.45) is 5.92 Å². The molecule has 6 heteroatoms. The molecule has 0 unspecified atom stereocenters. The Balaban J connectivity index is 1.83. The Labute approximate surface area is 140 Å². The maximum absolute atomic E-state index is 12.8. The molecule has 1 fully saturated rings. The quantitative estimate of drug-likeness (QED) is 0.880. The Hall–Kier alpha value is -2.21. The van der Waals surface area contributed by atoms with E-state index in [9.17, 15) is 9.59 Å². The second kappa shape index (κ2) is 7.57. The number of amides is 1. The lowest BCUT2D eigenvalue weighted by atomic mass is 10.1. The second-order valence-electron chi connectivity index (χ2n) is 6.26. The molecule has 1 aromatic carbocycles. The van der Waals surface area contributed by atoms with Gasteiger partial charge in [0, 0.05) is 19.6 Å². The molecule has 0 spiro atoms. The fourth-order valence-electron chi connectivity index (χ4n) is 3.29. The van der Waals surface area contributed by atoms with Crippen molar-refractivity contribution in [3.05, 3.63) is 40.4 Å². The number of H-pyrrole nitrogens is 1. The van der Waals surface area contributed by atoms with Crippen molar-refractivity contribution in [2.75, 3.05) is 20.3 Å². The van der Waals surface area contributed by atoms with Gasteiger partial charge in [0.25, 0.3) is 5.56 Å². The molecule has 1 heterocycles. The molecule has 1 saturated carbocycles. The van der Waals surface area contributed by atoms with Crippen molar-refractivity contribution in [1.29, 1.82) is 0 Å². The van der Waals surface area contributed by atoms with E-state index in [1.54, 1.807) is 18.1 Å². The van der Waals surface area contributed by atoms with Crippen LogP contribution in [0.4, 0.5) is 0 Å². The van der Waals surface area contributed by atoms with Gasteiger partial charge in [0.05, 0.1) is 24.1 Å². The van der Waals surface area contributed by atoms with Gasteiger partial charge < -0.3 is 14.6 Å². The summed E-state index contributed by atoms with van der Waals surface area (Å²) in [5.41, 5.74) is 0.479. The summed E-state index contributed by atoms with van der Waals surface area (Å²) in [6, 6.07) is 7.22. The maximum atomic E-state index is 12.8. The van der Waals surface area contributed by atoms with Gasteiger partial charge in [-0.15, -0.1) is 0 Å². The molecule has 0 aliphatic heterocycles. The molecule has 0 atom stereocenters. The van der Waals surface area contributed by atoms with E-state index >= 15 is 0 Å². The molecule has 6 nitrogen and oxygen atoms in total. The third-order valence-electron chi connectivity index (χ3n) is 4.58. The minimum atomic E-state index is -0.171. The lowest BCUT2D eigenvalue weighted by Crippen LogP contribution is -2.38. The van der Waals surface area contributed by atoms with Crippen molar-refractivity contribution in [3.63, 3.8) is 0 Å². The van der Waals surface area contributed by atoms with Crippen LogP contribution in [0.3, 0.4) is 0 Å². The van der Waals surface area contributed by atoms with Crippen LogP contribution in [0.1, 0.15) is 31.5 Å². The van der Waals surface area contributed by atoms with Crippen LogP contribution in [0, 0.1) is 5.92 Å². The number of benzene rings is 1. The smallest absolute Gasteiger partial charge is 0.258 e. The molecular formula is C18H23N3O3. The normalized spacial score (nSPS) is 15.0. The Morgan fingerprint density at radius 3 is 2.83 bits per heavy atom. The van der Waals surface area contributed by atoms with Gasteiger partial charge >= 0.3 is 0 Å². The molecule has 1 amide bonds. The summed E-state index contributed by atoms with van der Waals surface area (Å²) in [4.78, 5) is 34.0. The van der Waals surface area contributed by atoms with Crippen LogP contribution < -0.4 is 5.56 Å². The van der Waals surface area contributed by atoms with Gasteiger partial charge in [-0.2, -0.15) is 0 Å². The van der Waals surface area contributed by atoms with E-state index in [4.69, 9.17) is 4.74 Å². The number of aromatic nitrogens is 2. The Kier molecular flexibility index (Phi) is 5.25. The van der Waals surface area contributed by atoms with Crippen molar-refractivity contribution < 1.29 is 9.53 Å². The van der Waals surface area contributed by atoms with Crippen LogP contribution in [0.25, 0.3) is 10.9 Å². The fourth-order valence-corrected chi connectivity index (χ4v) is 3.29. The van der Waals surface area contributed by atoms with Crippen molar-refractivity contribution in [1.82, 2.24) is 14.9 Å². The third-order valence-corrected chi connectivity index (χ3v) is 4.58. The molecule has 2 aromatic rings. The highest BCUT2D eigenvalue weighted by Crippen LogP contribution is 2.27. The maximum Gasteiger partial charge on any atom is 0.258 e. The molecule has 3 rings (SSSR count). The van der Waals surface area contributed by atoms with E-state index in [1.165, 1.54) is 0 Å². The first-order valence-electron chi connectivity index (χ1n) is 8.44. The highest BCUT2D eigenvalue weighted by molar-refractivity contribution is 5.79. The highest BCUT2D eigenvalue weighted by Gasteiger charge is 2.27. The highest BCUT2D eigenvalue weighted by atomic mass is 16.5. The zero-order valence-electron chi connectivity index (χ0n) is 14.0. The number of fused-ring (bicyclic) bond motifs is 1. The van der Waals surface area contributed by atoms with Crippen LogP contribution in [0.5, 0.6) is 0 Å². The number of nitrogens with zero attached hydrogens (tertiary/aromatic N) is 2. The topological polar surface area (TPSA) is 75.3 Å². The summed E-state index contributed by atoms with van der Waals surface area (Å²) < 4.78 is 5.13. The fraction of sp³-hybridized carbons (Fsp3) is 0.500. The number of methoxy groups -OCH3 is 1. The van der Waals surface area contributed by atoms with Crippen molar-refractivity contribution in [2.45, 2.75) is 32.2 Å². The molecule has 1 aliphatic rings. The first-order valence-corrected chi connectivity index (χ1v) is 8.44. The van der Waals surface area contributed by atoms with Crippen LogP contribution in [0.15, 0.2) is 29.1 Å². The molecule has 0 radical (unpaired) electrons. The van der Waals surface area contributed by atoms with Gasteiger partial charge in [-0.25, -0.2) is 4.98 Å². The summed E-state index contributed by atoms with van der Waals surface area (Å²) in [6.45, 7) is 1.28. The molecule has 24 heavy (non-hydrogen) atoms. The molecule has 1 N–H and O–H groups in total. The number of nitrogens with one attached hydrogen (secondary N) is 1. The molecule has 1 aromatic heterocycles. The number of rotatable bonds is 6. The van der Waals surface area contributed by atoms with Crippen LogP contribution in [-0.4, -0.2) is 41.0 Å². The van der Waals surface area contributed by atoms with E-state index in [0.29, 0.717) is 36.4 Å². The largest absolute Gasteiger partial charge is 0.383 e. The monoisotopic (exact) mass is 329 g/mol. The van der Waals surface area contributed by atoms with Gasteiger partial charge in [0.2, 0.25) is 5.91 Å². The van der Waals surface area contributed by atoms with Gasteiger partial charge in [-0.3, -0.25) is 9.59 Å². The van der Waals surface area contributed by atoms with Gasteiger partial charge in [-0.05, 0) is 25.0 Å². The Bertz CT molecular complexity index is 765. The molecular weight excluding hydrogens is 306 g/mol. The Morgan fingerprint density at radius 2 is 2.08 bits per heavy atom. The summed E-state index contributed by atoms with van der Waals surface area (Å²) in [6.07, 6.45) is 4.12. The first-order chi connectivity index (χ1) is 11.7. The predicted molar refractivity (Wildman–Crippen MR) is 91.6 cm³/mol. The minimum absolute atomic E-state index is 0.0917. The number of aromatic amines is 1. The minimum Gasteiger partial charge on any atom is -0.383 e. The summed E-state index contributed by atoms with van der Waals surface area (Å²) in [5, 5.41) is 0.562. The van der Waals surface area contributed by atoms with Crippen LogP contribution in [-0.2, 0) is 16.1 Å². The predicted octanol–water partition coefficient (Wildman–Crippen LogP) is 2.09. The zero-order valence-corrected chi connectivity index (χ0v) is 14.0. The van der Waals surface area contributed by atoms with Crippen molar-refractivity contribution in [3.8, 4) is 0 Å². The lowest BCUT2D eigenvalue weighted by molar-refractivity contribution is -0.136. The number of carbonyl (C=O) groups excluding carboxylic acids is 1. The average Bonchev–Trinajstić information content (AvgIpc) is 3.12. The second-order valence-corrected chi connectivity index (χ2v) is 6.26. The summed E-state index contributed by atoms with van der Waals surface area (Å²) in [5.74, 6) is 0.746. The number of ether oxygens (including phenoxy) is 1. The van der Waals surface area contributed by atoms with Crippen LogP contribution in [0.2, 0.25) is 0 Å². The van der Waals surface area contributed by atoms with Gasteiger partial charge in [0.15, 0.2) is 0 Å². The van der Waals surface area contributed by atoms with E-state index in [1.807, 2.05) is 18.2 Å². The molecule has 0 bridgehead atoms. The molecule has 1 aliphatic carbocycles. The number of para-hydroxylation sites is 1. The van der Waals surface area contributed by atoms with Gasteiger partial charge in [-0.1, -0.05) is 25.0 Å². The number of hydrogen-bond acceptors (Lipinski definition) is 4. The standard InChI is InChI=1S/C18H23N3O3/c1-24-11-10-21(18(23)13-6-2-3-7-13)12-16-19-15-9-5-4-8-14(15)17(22)20-16/h4-5,8-9,13H,2-3,6-7,10-12H2,1H3,(H,19,20,22). The molecule has 128 valence electrons. The van der Waals surface area contributed by atoms with Crippen LogP contribution >= 0.6 is 0 Å². The first kappa shape index (κ1) is 16.6. The summed E-state index contributed by atoms with van der Waals surface area (Å²) in [7, 11) is 1.62. The third kappa shape index (κ3) is 3.64. The number of hydrogen-bond donors (Lipinski definition) is 1. The van der Waals surface area contributed by atoms with E-state index in [-0.39, 0.29) is 17.4 Å². The number of carbonyl (C=O) groups is 1. The lowest BCUT2D eigenvalue weighted by Gasteiger charge is -2.25. The molecule has 0 saturated heterocycles. The Morgan fingerprint density at radius 1 is 1.33 bits per heavy atom. The zero-order chi connectivity index (χ0) is 16.9. The van der Waals surface area contributed by atoms with E-state index in [0.717, 1.165) is 25.7 Å². The summed E-state index contributed by atoms with van der Waals surface area (Å²) >= 11 is 0. The van der Waals surface area contributed by atoms with E-state index in [2.05, 4.69) is 9.97 Å². The average molecular weight is 329 g/mol. The van der Waals surface area contributed by atoms with Gasteiger partial charge in [0.1, 0.15) is 5.82 Å². The SMILES string of the molecule is COCCN(Cc1nc2ccccc2c(=O)[nH]1)C(=O)C1CCCC1.